The van der Waals surface area contributed by atoms with Crippen molar-refractivity contribution in [3.05, 3.63) is 77.6 Å². The monoisotopic (exact) mass is 452 g/mol. The molecule has 2 aromatic carbocycles. The van der Waals surface area contributed by atoms with Crippen LogP contribution in [0.5, 0.6) is 0 Å². The lowest BCUT2D eigenvalue weighted by atomic mass is 9.83. The lowest BCUT2D eigenvalue weighted by molar-refractivity contribution is -0.137. The van der Waals surface area contributed by atoms with E-state index in [0.29, 0.717) is 31.5 Å². The van der Waals surface area contributed by atoms with Crippen LogP contribution in [-0.2, 0) is 11.8 Å². The van der Waals surface area contributed by atoms with E-state index < -0.39 is 17.3 Å². The van der Waals surface area contributed by atoms with Gasteiger partial charge in [0.1, 0.15) is 11.5 Å². The van der Waals surface area contributed by atoms with Crippen LogP contribution >= 0.6 is 0 Å². The summed E-state index contributed by atoms with van der Waals surface area (Å²) in [6.45, 7) is 2.78. The number of aryl methyl sites for hydroxylation is 1. The molecular formula is C25H23F3N4O. The first kappa shape index (κ1) is 21.5. The van der Waals surface area contributed by atoms with Gasteiger partial charge in [-0.05, 0) is 43.5 Å². The molecule has 1 fully saturated rings. The standard InChI is InChI=1S/C25H23F3N4O/c1-16-29-21-15-20(17-6-3-2-4-7-17)31-22(21)23(30-16)32-12-10-24(33,11-13-32)18-8-5-9-19(14-18)25(26,27)28/h2-9,14-15,33H,10-13H2,1H3,(H,29,30). The van der Waals surface area contributed by atoms with Crippen LogP contribution in [0.4, 0.5) is 19.0 Å². The van der Waals surface area contributed by atoms with Crippen molar-refractivity contribution in [2.45, 2.75) is 31.5 Å². The number of nitrogens with zero attached hydrogens (tertiary/aromatic N) is 3. The second kappa shape index (κ2) is 7.88. The van der Waals surface area contributed by atoms with Gasteiger partial charge in [-0.15, -0.1) is 0 Å². The van der Waals surface area contributed by atoms with Crippen LogP contribution in [0.25, 0.3) is 22.6 Å². The van der Waals surface area contributed by atoms with E-state index in [1.165, 1.54) is 6.07 Å². The molecule has 0 aromatic heterocycles. The number of aliphatic hydroxyl groups is 1. The third-order valence-electron chi connectivity index (χ3n) is 6.26. The van der Waals surface area contributed by atoms with Crippen molar-refractivity contribution in [2.75, 3.05) is 18.0 Å². The summed E-state index contributed by atoms with van der Waals surface area (Å²) in [5.41, 5.74) is 1.69. The summed E-state index contributed by atoms with van der Waals surface area (Å²) in [5.74, 6) is 1.46. The summed E-state index contributed by atoms with van der Waals surface area (Å²) >= 11 is 0. The van der Waals surface area contributed by atoms with Gasteiger partial charge in [0.2, 0.25) is 0 Å². The molecule has 3 heterocycles. The van der Waals surface area contributed by atoms with E-state index in [-0.39, 0.29) is 0 Å². The van der Waals surface area contributed by atoms with Gasteiger partial charge in [0.25, 0.3) is 0 Å². The highest BCUT2D eigenvalue weighted by Gasteiger charge is 2.38. The number of fused-ring (bicyclic) bond motifs is 1. The van der Waals surface area contributed by atoms with Gasteiger partial charge in [-0.3, -0.25) is 0 Å². The van der Waals surface area contributed by atoms with Gasteiger partial charge in [0.15, 0.2) is 5.82 Å². The Bertz CT molecular complexity index is 1240. The van der Waals surface area contributed by atoms with Crippen molar-refractivity contribution in [1.82, 2.24) is 15.0 Å². The fourth-order valence-corrected chi connectivity index (χ4v) is 4.46. The fraction of sp³-hybridized carbons (Fsp3) is 0.280. The van der Waals surface area contributed by atoms with Crippen LogP contribution in [0.15, 0.2) is 60.7 Å². The minimum Gasteiger partial charge on any atom is -0.385 e. The van der Waals surface area contributed by atoms with E-state index in [9.17, 15) is 18.3 Å². The van der Waals surface area contributed by atoms with Gasteiger partial charge in [-0.1, -0.05) is 42.5 Å². The average Bonchev–Trinajstić information content (AvgIpc) is 3.23. The third kappa shape index (κ3) is 4.06. The van der Waals surface area contributed by atoms with Crippen LogP contribution in [0.1, 0.15) is 29.8 Å². The van der Waals surface area contributed by atoms with Gasteiger partial charge < -0.3 is 15.0 Å². The van der Waals surface area contributed by atoms with Crippen molar-refractivity contribution >= 4 is 5.82 Å². The summed E-state index contributed by atoms with van der Waals surface area (Å²) in [5, 5.41) is 11.2. The maximum absolute atomic E-state index is 13.1. The quantitative estimate of drug-likeness (QED) is 0.437. The number of aromatic nitrogens is 3. The Morgan fingerprint density at radius 1 is 0.970 bits per heavy atom. The third-order valence-corrected chi connectivity index (χ3v) is 6.26. The molecule has 0 saturated carbocycles. The normalized spacial score (nSPS) is 16.3. The summed E-state index contributed by atoms with van der Waals surface area (Å²) in [6, 6.07) is 16.9. The first-order valence-electron chi connectivity index (χ1n) is 10.8. The number of anilines is 1. The number of benzene rings is 2. The van der Waals surface area contributed by atoms with Crippen molar-refractivity contribution in [3.63, 3.8) is 0 Å². The predicted molar refractivity (Wildman–Crippen MR) is 120 cm³/mol. The first-order chi connectivity index (χ1) is 15.7. The van der Waals surface area contributed by atoms with Crippen LogP contribution in [0.2, 0.25) is 0 Å². The number of piperidine rings is 1. The zero-order chi connectivity index (χ0) is 23.2. The van der Waals surface area contributed by atoms with Gasteiger partial charge >= 0.3 is 6.18 Å². The molecule has 2 aromatic rings. The molecule has 3 aliphatic rings. The van der Waals surface area contributed by atoms with Crippen molar-refractivity contribution < 1.29 is 18.3 Å². The zero-order valence-electron chi connectivity index (χ0n) is 18.0. The zero-order valence-corrected chi connectivity index (χ0v) is 18.0. The summed E-state index contributed by atoms with van der Waals surface area (Å²) in [6.07, 6.45) is -3.86. The molecule has 0 unspecified atom stereocenters. The van der Waals surface area contributed by atoms with Crippen LogP contribution in [0, 0.1) is 6.92 Å². The van der Waals surface area contributed by atoms with E-state index in [1.54, 1.807) is 6.07 Å². The number of H-pyrrole nitrogens is 1. The Balaban J connectivity index is 1.42. The number of halogens is 3. The van der Waals surface area contributed by atoms with Crippen molar-refractivity contribution in [3.8, 4) is 22.6 Å². The Morgan fingerprint density at radius 2 is 1.70 bits per heavy atom. The van der Waals surface area contributed by atoms with Gasteiger partial charge in [0, 0.05) is 18.7 Å². The van der Waals surface area contributed by atoms with Crippen LogP contribution in [-0.4, -0.2) is 33.1 Å². The average molecular weight is 452 g/mol. The topological polar surface area (TPSA) is 65.0 Å². The van der Waals surface area contributed by atoms with E-state index in [1.807, 2.05) is 48.2 Å². The molecule has 0 aliphatic carbocycles. The summed E-state index contributed by atoms with van der Waals surface area (Å²) in [7, 11) is 0. The Morgan fingerprint density at radius 3 is 2.39 bits per heavy atom. The Hall–Kier alpha value is -3.39. The molecule has 5 nitrogen and oxygen atoms in total. The highest BCUT2D eigenvalue weighted by Crippen LogP contribution is 2.40. The minimum atomic E-state index is -4.44. The van der Waals surface area contributed by atoms with Crippen LogP contribution in [0.3, 0.4) is 0 Å². The molecular weight excluding hydrogens is 429 g/mol. The van der Waals surface area contributed by atoms with E-state index in [4.69, 9.17) is 4.98 Å². The van der Waals surface area contributed by atoms with E-state index in [2.05, 4.69) is 9.97 Å². The molecule has 3 aliphatic heterocycles. The predicted octanol–water partition coefficient (Wildman–Crippen LogP) is 5.39. The summed E-state index contributed by atoms with van der Waals surface area (Å²) < 4.78 is 39.4. The van der Waals surface area contributed by atoms with Gasteiger partial charge in [-0.25, -0.2) is 9.97 Å². The van der Waals surface area contributed by atoms with Crippen molar-refractivity contribution in [1.29, 1.82) is 0 Å². The van der Waals surface area contributed by atoms with Gasteiger partial charge in [0.05, 0.1) is 22.6 Å². The first-order valence-corrected chi connectivity index (χ1v) is 10.8. The van der Waals surface area contributed by atoms with Crippen molar-refractivity contribution in [2.24, 2.45) is 0 Å². The molecule has 5 rings (SSSR count). The fourth-order valence-electron chi connectivity index (χ4n) is 4.46. The number of rotatable bonds is 3. The lowest BCUT2D eigenvalue weighted by Crippen LogP contribution is -2.43. The van der Waals surface area contributed by atoms with Gasteiger partial charge in [-0.2, -0.15) is 13.2 Å². The Labute approximate surface area is 189 Å². The molecule has 1 saturated heterocycles. The number of nitrogens with one attached hydrogen (secondary N) is 1. The number of hydrogen-bond acceptors (Lipinski definition) is 4. The molecule has 0 atom stereocenters. The van der Waals surface area contributed by atoms with E-state index in [0.717, 1.165) is 46.4 Å². The minimum absolute atomic E-state index is 0.293. The lowest BCUT2D eigenvalue weighted by Gasteiger charge is -2.39. The molecule has 0 amide bonds. The molecule has 0 bridgehead atoms. The maximum Gasteiger partial charge on any atom is 0.416 e. The number of hydrogen-bond donors (Lipinski definition) is 2. The largest absolute Gasteiger partial charge is 0.416 e. The molecule has 33 heavy (non-hydrogen) atoms. The molecule has 2 N–H and O–H groups in total. The second-order valence-corrected chi connectivity index (χ2v) is 8.51. The molecule has 170 valence electrons. The SMILES string of the molecule is Cc1nc(N2CCC(O)(c3cccc(C(F)(F)F)c3)CC2)c2nc(-c3ccccc3)cc-2[nH]1. The highest BCUT2D eigenvalue weighted by molar-refractivity contribution is 5.78. The molecule has 0 radical (unpaired) electrons. The van der Waals surface area contributed by atoms with Crippen LogP contribution < -0.4 is 4.90 Å². The smallest absolute Gasteiger partial charge is 0.385 e. The van der Waals surface area contributed by atoms with E-state index >= 15 is 0 Å². The summed E-state index contributed by atoms with van der Waals surface area (Å²) in [4.78, 5) is 14.8. The Kier molecular flexibility index (Phi) is 5.12. The molecule has 8 heteroatoms. The number of aromatic amines is 1. The highest BCUT2D eigenvalue weighted by atomic mass is 19.4. The maximum atomic E-state index is 13.1. The molecule has 0 spiro atoms. The second-order valence-electron chi connectivity index (χ2n) is 8.51. The number of alkyl halides is 3.